The Bertz CT molecular complexity index is 970. The van der Waals surface area contributed by atoms with Gasteiger partial charge in [0, 0.05) is 13.0 Å². The normalized spacial score (nSPS) is 11.2. The van der Waals surface area contributed by atoms with Crippen LogP contribution in [0.3, 0.4) is 0 Å². The molecule has 0 atom stereocenters. The molecule has 1 aromatic heterocycles. The molecule has 0 radical (unpaired) electrons. The Morgan fingerprint density at radius 2 is 1.56 bits per heavy atom. The minimum atomic E-state index is -0.353. The fourth-order valence-corrected chi connectivity index (χ4v) is 4.22. The minimum absolute atomic E-state index is 0.00394. The van der Waals surface area contributed by atoms with Crippen molar-refractivity contribution < 1.29 is 9.59 Å². The van der Waals surface area contributed by atoms with Crippen LogP contribution in [-0.2, 0) is 4.79 Å². The van der Waals surface area contributed by atoms with Crippen LogP contribution >= 0.6 is 0 Å². The highest BCUT2D eigenvalue weighted by Gasteiger charge is 2.26. The van der Waals surface area contributed by atoms with Crippen LogP contribution in [0.25, 0.3) is 5.69 Å². The van der Waals surface area contributed by atoms with E-state index in [2.05, 4.69) is 12.0 Å². The first-order valence-corrected chi connectivity index (χ1v) is 13.0. The van der Waals surface area contributed by atoms with Crippen molar-refractivity contribution in [3.8, 4) is 5.69 Å². The maximum atomic E-state index is 13.3. The number of H-pyrrole nitrogens is 1. The zero-order valence-electron chi connectivity index (χ0n) is 21.8. The Morgan fingerprint density at radius 3 is 2.15 bits per heavy atom. The van der Waals surface area contributed by atoms with Gasteiger partial charge in [0.25, 0.3) is 5.56 Å². The summed E-state index contributed by atoms with van der Waals surface area (Å²) in [4.78, 5) is 41.1. The SMILES string of the molecule is CCCCCCCCCC(=O)N(CCC)CC(=O)c1c(C(C)C)[nH]n(-c2ccc(C)cc2)c1=O. The van der Waals surface area contributed by atoms with E-state index in [9.17, 15) is 14.4 Å². The molecule has 0 unspecified atom stereocenters. The van der Waals surface area contributed by atoms with Crippen LogP contribution < -0.4 is 5.56 Å². The first kappa shape index (κ1) is 27.6. The van der Waals surface area contributed by atoms with Gasteiger partial charge in [0.2, 0.25) is 5.91 Å². The predicted octanol–water partition coefficient (Wildman–Crippen LogP) is 6.16. The number of Topliss-reactive ketones (excluding diaryl/α,β-unsaturated/α-hetero) is 1. The van der Waals surface area contributed by atoms with Crippen LogP contribution in [0.4, 0.5) is 0 Å². The lowest BCUT2D eigenvalue weighted by Crippen LogP contribution is -2.37. The highest BCUT2D eigenvalue weighted by atomic mass is 16.2. The van der Waals surface area contributed by atoms with Gasteiger partial charge >= 0.3 is 0 Å². The summed E-state index contributed by atoms with van der Waals surface area (Å²) in [7, 11) is 0. The molecule has 2 aromatic rings. The number of ketones is 1. The van der Waals surface area contributed by atoms with Crippen molar-refractivity contribution in [2.24, 2.45) is 0 Å². The molecule has 34 heavy (non-hydrogen) atoms. The van der Waals surface area contributed by atoms with Crippen LogP contribution in [0.15, 0.2) is 29.1 Å². The molecule has 0 fully saturated rings. The Morgan fingerprint density at radius 1 is 0.941 bits per heavy atom. The van der Waals surface area contributed by atoms with Crippen LogP contribution in [0.5, 0.6) is 0 Å². The Labute approximate surface area is 204 Å². The largest absolute Gasteiger partial charge is 0.335 e. The number of hydrogen-bond donors (Lipinski definition) is 1. The second kappa shape index (κ2) is 13.9. The molecule has 1 heterocycles. The number of benzene rings is 1. The summed E-state index contributed by atoms with van der Waals surface area (Å²) < 4.78 is 1.44. The fraction of sp³-hybridized carbons (Fsp3) is 0.607. The van der Waals surface area contributed by atoms with Crippen LogP contribution in [0.1, 0.15) is 113 Å². The van der Waals surface area contributed by atoms with Gasteiger partial charge in [-0.05, 0) is 37.8 Å². The standard InChI is InChI=1S/C28H43N3O3/c1-6-8-9-10-11-12-13-14-25(33)30(19-7-2)20-24(32)26-27(21(3)4)29-31(28(26)34)23-17-15-22(5)16-18-23/h15-18,21,29H,6-14,19-20H2,1-5H3. The summed E-state index contributed by atoms with van der Waals surface area (Å²) in [5, 5.41) is 3.14. The van der Waals surface area contributed by atoms with Crippen molar-refractivity contribution >= 4 is 11.7 Å². The van der Waals surface area contributed by atoms with Gasteiger partial charge in [-0.1, -0.05) is 83.9 Å². The first-order chi connectivity index (χ1) is 16.3. The molecule has 1 aromatic carbocycles. The number of hydrogen-bond acceptors (Lipinski definition) is 3. The van der Waals surface area contributed by atoms with Gasteiger partial charge in [0.15, 0.2) is 5.78 Å². The Hall–Kier alpha value is -2.63. The molecule has 1 amide bonds. The van der Waals surface area contributed by atoms with E-state index in [1.165, 1.54) is 30.4 Å². The highest BCUT2D eigenvalue weighted by molar-refractivity contribution is 6.00. The van der Waals surface area contributed by atoms with Gasteiger partial charge < -0.3 is 4.90 Å². The van der Waals surface area contributed by atoms with E-state index in [1.54, 1.807) is 4.90 Å². The molecule has 0 aliphatic rings. The van der Waals surface area contributed by atoms with E-state index >= 15 is 0 Å². The predicted molar refractivity (Wildman–Crippen MR) is 139 cm³/mol. The summed E-state index contributed by atoms with van der Waals surface area (Å²) >= 11 is 0. The van der Waals surface area contributed by atoms with Crippen molar-refractivity contribution in [3.63, 3.8) is 0 Å². The average molecular weight is 470 g/mol. The smallest absolute Gasteiger partial charge is 0.282 e. The molecule has 1 N–H and O–H groups in total. The maximum Gasteiger partial charge on any atom is 0.282 e. The number of nitrogens with one attached hydrogen (secondary N) is 1. The molecule has 0 spiro atoms. The number of amides is 1. The third-order valence-corrected chi connectivity index (χ3v) is 6.24. The zero-order valence-corrected chi connectivity index (χ0v) is 21.8. The number of carbonyl (C=O) groups is 2. The summed E-state index contributed by atoms with van der Waals surface area (Å²) in [6.07, 6.45) is 9.25. The van der Waals surface area contributed by atoms with Crippen molar-refractivity contribution in [3.05, 3.63) is 51.4 Å². The van der Waals surface area contributed by atoms with Gasteiger partial charge in [0.05, 0.1) is 17.9 Å². The highest BCUT2D eigenvalue weighted by Crippen LogP contribution is 2.18. The number of nitrogens with zero attached hydrogens (tertiary/aromatic N) is 2. The van der Waals surface area contributed by atoms with Crippen LogP contribution in [0, 0.1) is 6.92 Å². The van der Waals surface area contributed by atoms with Gasteiger partial charge in [-0.2, -0.15) is 0 Å². The number of carbonyl (C=O) groups excluding carboxylic acids is 2. The van der Waals surface area contributed by atoms with Crippen molar-refractivity contribution in [2.45, 2.75) is 98.3 Å². The monoisotopic (exact) mass is 469 g/mol. The molecule has 0 saturated carbocycles. The molecule has 2 rings (SSSR count). The van der Waals surface area contributed by atoms with E-state index < -0.39 is 0 Å². The number of rotatable bonds is 15. The number of aryl methyl sites for hydroxylation is 1. The van der Waals surface area contributed by atoms with Crippen molar-refractivity contribution in [2.75, 3.05) is 13.1 Å². The lowest BCUT2D eigenvalue weighted by Gasteiger charge is -2.21. The first-order valence-electron chi connectivity index (χ1n) is 13.0. The number of aromatic amines is 1. The van der Waals surface area contributed by atoms with E-state index in [0.717, 1.165) is 31.2 Å². The van der Waals surface area contributed by atoms with Crippen molar-refractivity contribution in [1.29, 1.82) is 0 Å². The minimum Gasteiger partial charge on any atom is -0.335 e. The summed E-state index contributed by atoms with van der Waals surface area (Å²) in [6.45, 7) is 10.6. The Balaban J connectivity index is 2.12. The van der Waals surface area contributed by atoms with E-state index in [0.29, 0.717) is 24.3 Å². The molecule has 6 nitrogen and oxygen atoms in total. The summed E-state index contributed by atoms with van der Waals surface area (Å²) in [6, 6.07) is 7.59. The van der Waals surface area contributed by atoms with E-state index in [1.807, 2.05) is 52.0 Å². The average Bonchev–Trinajstić information content (AvgIpc) is 3.16. The molecule has 0 bridgehead atoms. The van der Waals surface area contributed by atoms with E-state index in [4.69, 9.17) is 0 Å². The number of unbranched alkanes of at least 4 members (excludes halogenated alkanes) is 6. The second-order valence-electron chi connectivity index (χ2n) is 9.64. The fourth-order valence-electron chi connectivity index (χ4n) is 4.22. The van der Waals surface area contributed by atoms with E-state index in [-0.39, 0.29) is 35.3 Å². The molecule has 188 valence electrons. The summed E-state index contributed by atoms with van der Waals surface area (Å²) in [5.74, 6) is -0.317. The lowest BCUT2D eigenvalue weighted by atomic mass is 10.0. The molecular weight excluding hydrogens is 426 g/mol. The molecule has 0 saturated heterocycles. The lowest BCUT2D eigenvalue weighted by molar-refractivity contribution is -0.130. The Kier molecular flexibility index (Phi) is 11.3. The molecule has 6 heteroatoms. The van der Waals surface area contributed by atoms with Gasteiger partial charge in [-0.25, -0.2) is 4.68 Å². The van der Waals surface area contributed by atoms with Crippen LogP contribution in [-0.4, -0.2) is 39.5 Å². The third-order valence-electron chi connectivity index (χ3n) is 6.24. The maximum absolute atomic E-state index is 13.3. The quantitative estimate of drug-likeness (QED) is 0.251. The molecule has 0 aliphatic heterocycles. The van der Waals surface area contributed by atoms with Gasteiger partial charge in [0.1, 0.15) is 5.56 Å². The molecular formula is C28H43N3O3. The zero-order chi connectivity index (χ0) is 25.1. The number of aromatic nitrogens is 2. The topological polar surface area (TPSA) is 75.2 Å². The molecule has 0 aliphatic carbocycles. The van der Waals surface area contributed by atoms with Gasteiger partial charge in [-0.3, -0.25) is 19.5 Å². The second-order valence-corrected chi connectivity index (χ2v) is 9.64. The van der Waals surface area contributed by atoms with Gasteiger partial charge in [-0.15, -0.1) is 0 Å². The summed E-state index contributed by atoms with van der Waals surface area (Å²) in [5.41, 5.74) is 2.22. The van der Waals surface area contributed by atoms with Crippen LogP contribution in [0.2, 0.25) is 0 Å². The van der Waals surface area contributed by atoms with Crippen molar-refractivity contribution in [1.82, 2.24) is 14.7 Å². The third kappa shape index (κ3) is 7.71.